The quantitative estimate of drug-likeness (QED) is 0.664. The molecule has 1 atom stereocenters. The van der Waals surface area contributed by atoms with Crippen molar-refractivity contribution >= 4 is 5.97 Å². The second kappa shape index (κ2) is 6.04. The average Bonchev–Trinajstić information content (AvgIpc) is 2.20. The minimum absolute atomic E-state index is 0.189. The van der Waals surface area contributed by atoms with Gasteiger partial charge in [-0.25, -0.2) is 0 Å². The van der Waals surface area contributed by atoms with Gasteiger partial charge in [0.05, 0.1) is 0 Å². The van der Waals surface area contributed by atoms with Crippen LogP contribution in [0.5, 0.6) is 0 Å². The summed E-state index contributed by atoms with van der Waals surface area (Å²) in [5, 5.41) is 10.3. The Kier molecular flexibility index (Phi) is 4.98. The summed E-state index contributed by atoms with van der Waals surface area (Å²) in [6.07, 6.45) is 9.53. The van der Waals surface area contributed by atoms with Crippen molar-refractivity contribution in [2.24, 2.45) is 11.3 Å². The number of aliphatic carboxylic acids is 1. The van der Waals surface area contributed by atoms with Gasteiger partial charge >= 0.3 is 0 Å². The highest BCUT2D eigenvalue weighted by Crippen LogP contribution is 2.42. The lowest BCUT2D eigenvalue weighted by Crippen LogP contribution is -2.27. The minimum Gasteiger partial charge on any atom is -0.550 e. The first-order chi connectivity index (χ1) is 7.93. The van der Waals surface area contributed by atoms with Gasteiger partial charge in [0.25, 0.3) is 0 Å². The number of hydrogen-bond donors (Lipinski definition) is 0. The number of carboxylic acids is 1. The first kappa shape index (κ1) is 14.0. The molecule has 0 heterocycles. The molecule has 0 saturated heterocycles. The third-order valence-electron chi connectivity index (χ3n) is 3.74. The molecule has 96 valence electrons. The molecular weight excluding hydrogens is 212 g/mol. The third-order valence-corrected chi connectivity index (χ3v) is 3.74. The van der Waals surface area contributed by atoms with Crippen LogP contribution in [0, 0.1) is 11.3 Å². The van der Waals surface area contributed by atoms with Crippen molar-refractivity contribution < 1.29 is 9.90 Å². The molecule has 1 rings (SSSR count). The highest BCUT2D eigenvalue weighted by molar-refractivity contribution is 5.64. The molecule has 17 heavy (non-hydrogen) atoms. The second-order valence-corrected chi connectivity index (χ2v) is 5.69. The van der Waals surface area contributed by atoms with Crippen molar-refractivity contribution in [3.05, 3.63) is 24.3 Å². The first-order valence-electron chi connectivity index (χ1n) is 6.48. The number of allylic oxidation sites excluding steroid dienone is 3. The second-order valence-electron chi connectivity index (χ2n) is 5.69. The maximum atomic E-state index is 10.3. The maximum Gasteiger partial charge on any atom is 0.0414 e. The molecule has 0 aliphatic heterocycles. The van der Waals surface area contributed by atoms with Gasteiger partial charge in [-0.3, -0.25) is 0 Å². The number of carbonyl (C=O) groups is 1. The fourth-order valence-electron chi connectivity index (χ4n) is 2.65. The van der Waals surface area contributed by atoms with E-state index in [1.54, 1.807) is 0 Å². The van der Waals surface area contributed by atoms with E-state index in [-0.39, 0.29) is 6.42 Å². The van der Waals surface area contributed by atoms with E-state index in [9.17, 15) is 9.90 Å². The third kappa shape index (κ3) is 4.37. The van der Waals surface area contributed by atoms with Crippen LogP contribution in [0.15, 0.2) is 24.3 Å². The van der Waals surface area contributed by atoms with Crippen LogP contribution in [-0.4, -0.2) is 5.97 Å². The van der Waals surface area contributed by atoms with Crippen LogP contribution in [0.4, 0.5) is 0 Å². The Morgan fingerprint density at radius 3 is 2.76 bits per heavy atom. The van der Waals surface area contributed by atoms with Gasteiger partial charge < -0.3 is 9.90 Å². The van der Waals surface area contributed by atoms with Gasteiger partial charge in [0.15, 0.2) is 0 Å². The smallest absolute Gasteiger partial charge is 0.0414 e. The fraction of sp³-hybridized carbons (Fsp3) is 0.667. The fourth-order valence-corrected chi connectivity index (χ4v) is 2.65. The zero-order chi connectivity index (χ0) is 12.9. The Bertz CT molecular complexity index is 313. The minimum atomic E-state index is -0.935. The van der Waals surface area contributed by atoms with E-state index in [2.05, 4.69) is 32.6 Å². The SMILES string of the molecule is C=C1C=CCC(C)(C)C1CCCCCC(=O)[O-]. The number of hydrogen-bond acceptors (Lipinski definition) is 2. The van der Waals surface area contributed by atoms with Crippen LogP contribution in [-0.2, 0) is 4.79 Å². The van der Waals surface area contributed by atoms with Crippen LogP contribution in [0.2, 0.25) is 0 Å². The zero-order valence-electron chi connectivity index (χ0n) is 11.0. The molecule has 0 aromatic heterocycles. The van der Waals surface area contributed by atoms with E-state index in [1.165, 1.54) is 5.57 Å². The zero-order valence-corrected chi connectivity index (χ0v) is 11.0. The molecule has 1 aliphatic carbocycles. The molecule has 0 amide bonds. The predicted octanol–water partition coefficient (Wildman–Crippen LogP) is 2.85. The van der Waals surface area contributed by atoms with Crippen LogP contribution in [0.3, 0.4) is 0 Å². The summed E-state index contributed by atoms with van der Waals surface area (Å²) >= 11 is 0. The van der Waals surface area contributed by atoms with Crippen molar-refractivity contribution in [3.63, 3.8) is 0 Å². The summed E-state index contributed by atoms with van der Waals surface area (Å²) in [7, 11) is 0. The van der Waals surface area contributed by atoms with E-state index < -0.39 is 5.97 Å². The summed E-state index contributed by atoms with van der Waals surface area (Å²) in [4.78, 5) is 10.3. The molecule has 0 spiro atoms. The van der Waals surface area contributed by atoms with Crippen LogP contribution in [0.1, 0.15) is 52.4 Å². The van der Waals surface area contributed by atoms with Crippen molar-refractivity contribution in [1.29, 1.82) is 0 Å². The molecule has 0 aromatic carbocycles. The highest BCUT2D eigenvalue weighted by Gasteiger charge is 2.31. The summed E-state index contributed by atoms with van der Waals surface area (Å²) in [5.74, 6) is -0.397. The average molecular weight is 235 g/mol. The maximum absolute atomic E-state index is 10.3. The van der Waals surface area contributed by atoms with Gasteiger partial charge in [-0.1, -0.05) is 51.0 Å². The Labute approximate surface area is 104 Å². The molecule has 0 N–H and O–H groups in total. The topological polar surface area (TPSA) is 40.1 Å². The molecule has 0 saturated carbocycles. The Morgan fingerprint density at radius 2 is 2.18 bits per heavy atom. The molecule has 0 radical (unpaired) electrons. The Hall–Kier alpha value is -1.05. The van der Waals surface area contributed by atoms with Crippen molar-refractivity contribution in [3.8, 4) is 0 Å². The number of carbonyl (C=O) groups excluding carboxylic acids is 1. The monoisotopic (exact) mass is 235 g/mol. The van der Waals surface area contributed by atoms with Gasteiger partial charge in [-0.15, -0.1) is 0 Å². The van der Waals surface area contributed by atoms with E-state index in [1.807, 2.05) is 0 Å². The lowest BCUT2D eigenvalue weighted by molar-refractivity contribution is -0.305. The standard InChI is InChI=1S/C15H24O2/c1-12-8-7-11-15(2,3)13(12)9-5-4-6-10-14(16)17/h7-8,13H,1,4-6,9-11H2,2-3H3,(H,16,17)/p-1. The molecule has 0 aromatic rings. The lowest BCUT2D eigenvalue weighted by Gasteiger charge is -2.37. The van der Waals surface area contributed by atoms with Gasteiger partial charge in [-0.05, 0) is 37.0 Å². The molecule has 2 heteroatoms. The van der Waals surface area contributed by atoms with Crippen molar-refractivity contribution in [2.45, 2.75) is 52.4 Å². The summed E-state index contributed by atoms with van der Waals surface area (Å²) < 4.78 is 0. The molecule has 0 fully saturated rings. The van der Waals surface area contributed by atoms with Gasteiger partial charge in [0.2, 0.25) is 0 Å². The van der Waals surface area contributed by atoms with E-state index in [0.717, 1.165) is 32.1 Å². The molecule has 0 bridgehead atoms. The van der Waals surface area contributed by atoms with E-state index in [4.69, 9.17) is 0 Å². The van der Waals surface area contributed by atoms with Gasteiger partial charge in [-0.2, -0.15) is 0 Å². The molecule has 1 aliphatic rings. The molecule has 1 unspecified atom stereocenters. The van der Waals surface area contributed by atoms with Crippen LogP contribution < -0.4 is 5.11 Å². The Balaban J connectivity index is 2.32. The number of unbranched alkanes of at least 4 members (excludes halogenated alkanes) is 2. The van der Waals surface area contributed by atoms with Gasteiger partial charge in [0.1, 0.15) is 0 Å². The van der Waals surface area contributed by atoms with Crippen molar-refractivity contribution in [2.75, 3.05) is 0 Å². The van der Waals surface area contributed by atoms with Crippen molar-refractivity contribution in [1.82, 2.24) is 0 Å². The van der Waals surface area contributed by atoms with Gasteiger partial charge in [0, 0.05) is 5.97 Å². The molecule has 2 nitrogen and oxygen atoms in total. The summed E-state index contributed by atoms with van der Waals surface area (Å²) in [6.45, 7) is 8.70. The largest absolute Gasteiger partial charge is 0.550 e. The highest BCUT2D eigenvalue weighted by atomic mass is 16.4. The number of rotatable bonds is 6. The molecular formula is C15H23O2-. The lowest BCUT2D eigenvalue weighted by atomic mass is 9.68. The van der Waals surface area contributed by atoms with E-state index >= 15 is 0 Å². The predicted molar refractivity (Wildman–Crippen MR) is 68.3 cm³/mol. The van der Waals surface area contributed by atoms with Crippen LogP contribution in [0.25, 0.3) is 0 Å². The van der Waals surface area contributed by atoms with Crippen LogP contribution >= 0.6 is 0 Å². The first-order valence-corrected chi connectivity index (χ1v) is 6.48. The van der Waals surface area contributed by atoms with E-state index in [0.29, 0.717) is 11.3 Å². The summed E-state index contributed by atoms with van der Waals surface area (Å²) in [6, 6.07) is 0. The Morgan fingerprint density at radius 1 is 1.47 bits per heavy atom. The normalized spacial score (nSPS) is 22.7. The number of carboxylic acid groups (broad SMARTS) is 1. The summed E-state index contributed by atoms with van der Waals surface area (Å²) in [5.41, 5.74) is 1.52.